The first-order chi connectivity index (χ1) is 9.67. The van der Waals surface area contributed by atoms with E-state index in [1.165, 1.54) is 43.2 Å². The maximum atomic E-state index is 3.62. The van der Waals surface area contributed by atoms with E-state index in [1.54, 1.807) is 0 Å². The molecule has 0 radical (unpaired) electrons. The standard InChI is InChI=1S/C19H33N/c1-5-9-16(3)13-18(15-20-12-6-2)14-19-11-8-7-10-17(19)4/h7-8,10-11,16,18,20H,5-6,9,12-15H2,1-4H3. The van der Waals surface area contributed by atoms with Crippen molar-refractivity contribution in [1.82, 2.24) is 5.32 Å². The van der Waals surface area contributed by atoms with Gasteiger partial charge in [-0.3, -0.25) is 0 Å². The summed E-state index contributed by atoms with van der Waals surface area (Å²) in [4.78, 5) is 0. The summed E-state index contributed by atoms with van der Waals surface area (Å²) in [6, 6.07) is 8.85. The van der Waals surface area contributed by atoms with Gasteiger partial charge in [0.25, 0.3) is 0 Å². The molecule has 0 fully saturated rings. The van der Waals surface area contributed by atoms with Gasteiger partial charge in [0.2, 0.25) is 0 Å². The van der Waals surface area contributed by atoms with Gasteiger partial charge in [-0.2, -0.15) is 0 Å². The molecule has 114 valence electrons. The molecule has 0 saturated carbocycles. The van der Waals surface area contributed by atoms with Gasteiger partial charge < -0.3 is 5.32 Å². The predicted molar refractivity (Wildman–Crippen MR) is 90.2 cm³/mol. The molecule has 1 heteroatoms. The number of benzene rings is 1. The van der Waals surface area contributed by atoms with E-state index in [2.05, 4.69) is 57.3 Å². The third-order valence-corrected chi connectivity index (χ3v) is 4.15. The Labute approximate surface area is 126 Å². The highest BCUT2D eigenvalue weighted by molar-refractivity contribution is 5.25. The second kappa shape index (κ2) is 9.99. The average Bonchev–Trinajstić information content (AvgIpc) is 2.41. The third kappa shape index (κ3) is 6.56. The fraction of sp³-hybridized carbons (Fsp3) is 0.684. The average molecular weight is 275 g/mol. The largest absolute Gasteiger partial charge is 0.316 e. The molecule has 0 spiro atoms. The first-order valence-electron chi connectivity index (χ1n) is 8.42. The van der Waals surface area contributed by atoms with Crippen LogP contribution in [0.5, 0.6) is 0 Å². The Bertz CT molecular complexity index is 359. The monoisotopic (exact) mass is 275 g/mol. The second-order valence-corrected chi connectivity index (χ2v) is 6.33. The van der Waals surface area contributed by atoms with Crippen molar-refractivity contribution in [3.05, 3.63) is 35.4 Å². The van der Waals surface area contributed by atoms with E-state index < -0.39 is 0 Å². The Balaban J connectivity index is 2.59. The molecular formula is C19H33N. The Morgan fingerprint density at radius 2 is 1.85 bits per heavy atom. The molecule has 1 rings (SSSR count). The molecule has 1 aromatic carbocycles. The van der Waals surface area contributed by atoms with E-state index in [1.807, 2.05) is 0 Å². The van der Waals surface area contributed by atoms with Gasteiger partial charge in [-0.15, -0.1) is 0 Å². The smallest absolute Gasteiger partial charge is 0.00172 e. The van der Waals surface area contributed by atoms with E-state index in [0.717, 1.165) is 24.9 Å². The molecule has 1 nitrogen and oxygen atoms in total. The summed E-state index contributed by atoms with van der Waals surface area (Å²) in [5.41, 5.74) is 2.97. The van der Waals surface area contributed by atoms with E-state index in [-0.39, 0.29) is 0 Å². The zero-order chi connectivity index (χ0) is 14.8. The highest BCUT2D eigenvalue weighted by Crippen LogP contribution is 2.21. The summed E-state index contributed by atoms with van der Waals surface area (Å²) in [7, 11) is 0. The van der Waals surface area contributed by atoms with Crippen LogP contribution < -0.4 is 5.32 Å². The Kier molecular flexibility index (Phi) is 8.60. The first kappa shape index (κ1) is 17.2. The van der Waals surface area contributed by atoms with Gasteiger partial charge in [-0.25, -0.2) is 0 Å². The summed E-state index contributed by atoms with van der Waals surface area (Å²) in [6.07, 6.45) is 6.45. The van der Waals surface area contributed by atoms with E-state index in [4.69, 9.17) is 0 Å². The SMILES string of the molecule is CCCNCC(Cc1ccccc1C)CC(C)CCC. The van der Waals surface area contributed by atoms with Crippen LogP contribution in [0, 0.1) is 18.8 Å². The van der Waals surface area contributed by atoms with Gasteiger partial charge in [0.15, 0.2) is 0 Å². The molecule has 20 heavy (non-hydrogen) atoms. The van der Waals surface area contributed by atoms with Crippen LogP contribution in [0.3, 0.4) is 0 Å². The molecule has 0 amide bonds. The first-order valence-corrected chi connectivity index (χ1v) is 8.42. The van der Waals surface area contributed by atoms with E-state index in [9.17, 15) is 0 Å². The molecule has 0 saturated heterocycles. The lowest BCUT2D eigenvalue weighted by Crippen LogP contribution is -2.26. The number of hydrogen-bond acceptors (Lipinski definition) is 1. The highest BCUT2D eigenvalue weighted by atomic mass is 14.8. The summed E-state index contributed by atoms with van der Waals surface area (Å²) in [6.45, 7) is 11.5. The van der Waals surface area contributed by atoms with Gasteiger partial charge >= 0.3 is 0 Å². The number of hydrogen-bond donors (Lipinski definition) is 1. The summed E-state index contributed by atoms with van der Waals surface area (Å²) < 4.78 is 0. The molecule has 0 aliphatic heterocycles. The van der Waals surface area contributed by atoms with Crippen LogP contribution in [0.4, 0.5) is 0 Å². The van der Waals surface area contributed by atoms with Gasteiger partial charge in [-0.1, -0.05) is 57.9 Å². The van der Waals surface area contributed by atoms with Crippen LogP contribution in [0.25, 0.3) is 0 Å². The Hall–Kier alpha value is -0.820. The quantitative estimate of drug-likeness (QED) is 0.594. The lowest BCUT2D eigenvalue weighted by Gasteiger charge is -2.22. The highest BCUT2D eigenvalue weighted by Gasteiger charge is 2.14. The molecule has 0 aliphatic rings. The normalized spacial score (nSPS) is 14.2. The Morgan fingerprint density at radius 1 is 1.10 bits per heavy atom. The maximum Gasteiger partial charge on any atom is -0.00172 e. The number of rotatable bonds is 10. The van der Waals surface area contributed by atoms with Crippen molar-refractivity contribution in [2.75, 3.05) is 13.1 Å². The van der Waals surface area contributed by atoms with Crippen molar-refractivity contribution in [3.8, 4) is 0 Å². The third-order valence-electron chi connectivity index (χ3n) is 4.15. The minimum atomic E-state index is 0.768. The minimum Gasteiger partial charge on any atom is -0.316 e. The molecule has 0 heterocycles. The molecule has 1 aromatic rings. The van der Waals surface area contributed by atoms with Crippen LogP contribution in [-0.2, 0) is 6.42 Å². The second-order valence-electron chi connectivity index (χ2n) is 6.33. The minimum absolute atomic E-state index is 0.768. The molecule has 1 N–H and O–H groups in total. The molecular weight excluding hydrogens is 242 g/mol. The van der Waals surface area contributed by atoms with Crippen molar-refractivity contribution in [2.45, 2.75) is 59.8 Å². The Morgan fingerprint density at radius 3 is 2.50 bits per heavy atom. The summed E-state index contributed by atoms with van der Waals surface area (Å²) in [5, 5.41) is 3.62. The summed E-state index contributed by atoms with van der Waals surface area (Å²) in [5.74, 6) is 1.61. The molecule has 2 atom stereocenters. The zero-order valence-electron chi connectivity index (χ0n) is 13.9. The summed E-state index contributed by atoms with van der Waals surface area (Å²) >= 11 is 0. The van der Waals surface area contributed by atoms with E-state index in [0.29, 0.717) is 0 Å². The van der Waals surface area contributed by atoms with Crippen LogP contribution >= 0.6 is 0 Å². The van der Waals surface area contributed by atoms with E-state index >= 15 is 0 Å². The van der Waals surface area contributed by atoms with Crippen molar-refractivity contribution in [1.29, 1.82) is 0 Å². The fourth-order valence-corrected chi connectivity index (χ4v) is 3.05. The van der Waals surface area contributed by atoms with Crippen LogP contribution in [0.1, 0.15) is 57.6 Å². The maximum absolute atomic E-state index is 3.62. The van der Waals surface area contributed by atoms with Crippen molar-refractivity contribution >= 4 is 0 Å². The molecule has 0 aliphatic carbocycles. The van der Waals surface area contributed by atoms with Crippen molar-refractivity contribution in [2.24, 2.45) is 11.8 Å². The van der Waals surface area contributed by atoms with Crippen LogP contribution in [-0.4, -0.2) is 13.1 Å². The lowest BCUT2D eigenvalue weighted by atomic mass is 9.87. The van der Waals surface area contributed by atoms with Crippen LogP contribution in [0.15, 0.2) is 24.3 Å². The number of aryl methyl sites for hydroxylation is 1. The number of nitrogens with one attached hydrogen (secondary N) is 1. The van der Waals surface area contributed by atoms with Gasteiger partial charge in [0, 0.05) is 0 Å². The molecule has 2 unspecified atom stereocenters. The lowest BCUT2D eigenvalue weighted by molar-refractivity contribution is 0.354. The van der Waals surface area contributed by atoms with Crippen molar-refractivity contribution in [3.63, 3.8) is 0 Å². The van der Waals surface area contributed by atoms with Crippen molar-refractivity contribution < 1.29 is 0 Å². The van der Waals surface area contributed by atoms with Gasteiger partial charge in [-0.05, 0) is 62.2 Å². The van der Waals surface area contributed by atoms with Crippen LogP contribution in [0.2, 0.25) is 0 Å². The topological polar surface area (TPSA) is 12.0 Å². The predicted octanol–water partition coefficient (Wildman–Crippen LogP) is 4.98. The van der Waals surface area contributed by atoms with Gasteiger partial charge in [0.05, 0.1) is 0 Å². The van der Waals surface area contributed by atoms with Gasteiger partial charge in [0.1, 0.15) is 0 Å². The zero-order valence-corrected chi connectivity index (χ0v) is 13.9. The fourth-order valence-electron chi connectivity index (χ4n) is 3.05. The molecule has 0 aromatic heterocycles. The molecule has 0 bridgehead atoms.